The molecule has 0 spiro atoms. The lowest BCUT2D eigenvalue weighted by molar-refractivity contribution is 0.102. The normalized spacial score (nSPS) is 10.8. The lowest BCUT2D eigenvalue weighted by Crippen LogP contribution is -2.16. The molecule has 0 fully saturated rings. The molecule has 0 radical (unpaired) electrons. The van der Waals surface area contributed by atoms with Gasteiger partial charge in [-0.1, -0.05) is 6.07 Å². The Hall–Kier alpha value is -3.59. The third-order valence-corrected chi connectivity index (χ3v) is 5.33. The number of carbonyl (C=O) groups excluding carboxylic acids is 1. The van der Waals surface area contributed by atoms with Crippen LogP contribution >= 0.6 is 0 Å². The third-order valence-electron chi connectivity index (χ3n) is 3.95. The molecule has 0 aliphatic rings. The maximum absolute atomic E-state index is 12.7. The maximum atomic E-state index is 12.7. The van der Waals surface area contributed by atoms with E-state index in [2.05, 4.69) is 15.0 Å². The molecule has 0 unspecified atom stereocenters. The summed E-state index contributed by atoms with van der Waals surface area (Å²) in [5.41, 5.74) is 1.03. The maximum Gasteiger partial charge on any atom is 0.261 e. The molecule has 1 heterocycles. The van der Waals surface area contributed by atoms with Crippen LogP contribution in [0.3, 0.4) is 0 Å². The molecule has 29 heavy (non-hydrogen) atoms. The predicted molar refractivity (Wildman–Crippen MR) is 109 cm³/mol. The number of hydrogen-bond donors (Lipinski definition) is 2. The van der Waals surface area contributed by atoms with Gasteiger partial charge in [0.05, 0.1) is 31.0 Å². The number of pyridine rings is 1. The second kappa shape index (κ2) is 8.61. The van der Waals surface area contributed by atoms with Crippen molar-refractivity contribution < 1.29 is 22.7 Å². The van der Waals surface area contributed by atoms with Crippen LogP contribution in [0.15, 0.2) is 71.8 Å². The van der Waals surface area contributed by atoms with Crippen molar-refractivity contribution in [2.24, 2.45) is 0 Å². The molecule has 150 valence electrons. The van der Waals surface area contributed by atoms with Crippen molar-refractivity contribution in [3.63, 3.8) is 0 Å². The van der Waals surface area contributed by atoms with Gasteiger partial charge in [-0.3, -0.25) is 9.52 Å². The summed E-state index contributed by atoms with van der Waals surface area (Å²) in [5.74, 6) is 0.568. The van der Waals surface area contributed by atoms with E-state index in [1.54, 1.807) is 36.4 Å². The van der Waals surface area contributed by atoms with Crippen LogP contribution in [0.4, 0.5) is 11.4 Å². The Morgan fingerprint density at radius 1 is 0.931 bits per heavy atom. The smallest absolute Gasteiger partial charge is 0.261 e. The molecule has 0 aliphatic heterocycles. The average Bonchev–Trinajstić information content (AvgIpc) is 2.74. The molecule has 0 atom stereocenters. The number of carbonyl (C=O) groups is 1. The molecule has 0 bridgehead atoms. The average molecular weight is 413 g/mol. The molecule has 2 aromatic carbocycles. The summed E-state index contributed by atoms with van der Waals surface area (Å²) in [6.45, 7) is 0. The second-order valence-electron chi connectivity index (χ2n) is 5.91. The first-order valence-electron chi connectivity index (χ1n) is 8.49. The first-order valence-corrected chi connectivity index (χ1v) is 9.98. The van der Waals surface area contributed by atoms with E-state index in [9.17, 15) is 13.2 Å². The van der Waals surface area contributed by atoms with Crippen molar-refractivity contribution in [1.29, 1.82) is 0 Å². The lowest BCUT2D eigenvalue weighted by Gasteiger charge is -2.10. The number of sulfonamides is 1. The Kier molecular flexibility index (Phi) is 5.99. The first-order chi connectivity index (χ1) is 13.9. The summed E-state index contributed by atoms with van der Waals surface area (Å²) in [4.78, 5) is 16.5. The van der Waals surface area contributed by atoms with Crippen LogP contribution in [-0.2, 0) is 10.0 Å². The van der Waals surface area contributed by atoms with E-state index in [4.69, 9.17) is 9.47 Å². The Morgan fingerprint density at radius 2 is 1.66 bits per heavy atom. The van der Waals surface area contributed by atoms with Crippen molar-refractivity contribution >= 4 is 27.3 Å². The van der Waals surface area contributed by atoms with E-state index < -0.39 is 15.9 Å². The van der Waals surface area contributed by atoms with E-state index >= 15 is 0 Å². The summed E-state index contributed by atoms with van der Waals surface area (Å²) in [5, 5.41) is 2.66. The van der Waals surface area contributed by atoms with Crippen molar-refractivity contribution in [2.45, 2.75) is 4.90 Å². The van der Waals surface area contributed by atoms with Crippen molar-refractivity contribution in [2.75, 3.05) is 24.3 Å². The fourth-order valence-electron chi connectivity index (χ4n) is 2.46. The fourth-order valence-corrected chi connectivity index (χ4v) is 3.56. The van der Waals surface area contributed by atoms with Crippen LogP contribution in [-0.4, -0.2) is 33.5 Å². The van der Waals surface area contributed by atoms with E-state index in [1.807, 2.05) is 0 Å². The SMILES string of the molecule is COc1ccc(NS(=O)(=O)c2cccc(C(=O)Nc3ccc(OC)nc3)c2)cc1. The van der Waals surface area contributed by atoms with Gasteiger partial charge < -0.3 is 14.8 Å². The molecule has 0 saturated heterocycles. The van der Waals surface area contributed by atoms with Crippen LogP contribution in [0.5, 0.6) is 11.6 Å². The highest BCUT2D eigenvalue weighted by atomic mass is 32.2. The lowest BCUT2D eigenvalue weighted by atomic mass is 10.2. The van der Waals surface area contributed by atoms with Crippen LogP contribution < -0.4 is 19.5 Å². The van der Waals surface area contributed by atoms with E-state index in [1.165, 1.54) is 44.7 Å². The third kappa shape index (κ3) is 5.02. The molecule has 3 aromatic rings. The van der Waals surface area contributed by atoms with Gasteiger partial charge in [-0.2, -0.15) is 0 Å². The largest absolute Gasteiger partial charge is 0.497 e. The molecule has 1 amide bonds. The van der Waals surface area contributed by atoms with Gasteiger partial charge in [0.25, 0.3) is 15.9 Å². The zero-order valence-corrected chi connectivity index (χ0v) is 16.6. The number of amides is 1. The van der Waals surface area contributed by atoms with Gasteiger partial charge in [-0.05, 0) is 48.5 Å². The number of hydrogen-bond acceptors (Lipinski definition) is 6. The van der Waals surface area contributed by atoms with Crippen molar-refractivity contribution in [3.8, 4) is 11.6 Å². The zero-order valence-electron chi connectivity index (χ0n) is 15.7. The van der Waals surface area contributed by atoms with Crippen molar-refractivity contribution in [3.05, 3.63) is 72.4 Å². The molecule has 9 heteroatoms. The number of benzene rings is 2. The number of nitrogens with one attached hydrogen (secondary N) is 2. The predicted octanol–water partition coefficient (Wildman–Crippen LogP) is 3.15. The summed E-state index contributed by atoms with van der Waals surface area (Å²) in [6, 6.07) is 15.4. The van der Waals surface area contributed by atoms with E-state index in [-0.39, 0.29) is 10.5 Å². The minimum absolute atomic E-state index is 0.0335. The highest BCUT2D eigenvalue weighted by Gasteiger charge is 2.17. The number of rotatable bonds is 7. The Bertz CT molecular complexity index is 1100. The monoisotopic (exact) mass is 413 g/mol. The Morgan fingerprint density at radius 3 is 2.28 bits per heavy atom. The highest BCUT2D eigenvalue weighted by molar-refractivity contribution is 7.92. The van der Waals surface area contributed by atoms with Gasteiger partial charge >= 0.3 is 0 Å². The standard InChI is InChI=1S/C20H19N3O5S/c1-27-17-9-6-15(7-10-17)23-29(25,26)18-5-3-4-14(12-18)20(24)22-16-8-11-19(28-2)21-13-16/h3-13,23H,1-2H3,(H,22,24). The van der Waals surface area contributed by atoms with E-state index in [0.717, 1.165) is 0 Å². The summed E-state index contributed by atoms with van der Waals surface area (Å²) in [6.07, 6.45) is 1.45. The second-order valence-corrected chi connectivity index (χ2v) is 7.59. The van der Waals surface area contributed by atoms with Gasteiger partial charge in [0, 0.05) is 17.3 Å². The number of aromatic nitrogens is 1. The van der Waals surface area contributed by atoms with Crippen LogP contribution in [0.2, 0.25) is 0 Å². The number of nitrogens with zero attached hydrogens (tertiary/aromatic N) is 1. The van der Waals surface area contributed by atoms with Crippen LogP contribution in [0.1, 0.15) is 10.4 Å². The van der Waals surface area contributed by atoms with Crippen LogP contribution in [0.25, 0.3) is 0 Å². The molecular weight excluding hydrogens is 394 g/mol. The minimum atomic E-state index is -3.87. The topological polar surface area (TPSA) is 107 Å². The number of ether oxygens (including phenoxy) is 2. The molecular formula is C20H19N3O5S. The Balaban J connectivity index is 1.76. The number of methoxy groups -OCH3 is 2. The molecule has 2 N–H and O–H groups in total. The molecule has 0 aliphatic carbocycles. The van der Waals surface area contributed by atoms with Gasteiger partial charge in [0.2, 0.25) is 5.88 Å². The summed E-state index contributed by atoms with van der Waals surface area (Å²) >= 11 is 0. The van der Waals surface area contributed by atoms with Crippen LogP contribution in [0, 0.1) is 0 Å². The van der Waals surface area contributed by atoms with E-state index in [0.29, 0.717) is 23.0 Å². The highest BCUT2D eigenvalue weighted by Crippen LogP contribution is 2.20. The minimum Gasteiger partial charge on any atom is -0.497 e. The zero-order chi connectivity index (χ0) is 20.9. The summed E-state index contributed by atoms with van der Waals surface area (Å²) < 4.78 is 37.8. The fraction of sp³-hybridized carbons (Fsp3) is 0.100. The van der Waals surface area contributed by atoms with Gasteiger partial charge in [-0.15, -0.1) is 0 Å². The molecule has 8 nitrogen and oxygen atoms in total. The number of anilines is 2. The molecule has 3 rings (SSSR count). The quantitative estimate of drug-likeness (QED) is 0.616. The van der Waals surface area contributed by atoms with Gasteiger partial charge in [0.1, 0.15) is 5.75 Å². The van der Waals surface area contributed by atoms with Gasteiger partial charge in [0.15, 0.2) is 0 Å². The Labute approximate surface area is 168 Å². The molecule has 0 saturated carbocycles. The van der Waals surface area contributed by atoms with Crippen molar-refractivity contribution in [1.82, 2.24) is 4.98 Å². The van der Waals surface area contributed by atoms with Gasteiger partial charge in [-0.25, -0.2) is 13.4 Å². The summed E-state index contributed by atoms with van der Waals surface area (Å²) in [7, 11) is -0.852. The first kappa shape index (κ1) is 20.2. The molecule has 1 aromatic heterocycles.